The topological polar surface area (TPSA) is 72.3 Å². The first kappa shape index (κ1) is 14.3. The number of Topliss-reactive ketones (excluding diaryl/α,β-unsaturated/α-hetero) is 1. The van der Waals surface area contributed by atoms with Crippen LogP contribution in [-0.4, -0.2) is 16.7 Å². The molecule has 0 amide bonds. The van der Waals surface area contributed by atoms with E-state index in [1.54, 1.807) is 11.0 Å². The van der Waals surface area contributed by atoms with Crippen LogP contribution in [0.15, 0.2) is 78.1 Å². The van der Waals surface area contributed by atoms with Gasteiger partial charge in [-0.15, -0.1) is 0 Å². The van der Waals surface area contributed by atoms with E-state index >= 15 is 0 Å². The van der Waals surface area contributed by atoms with Crippen molar-refractivity contribution >= 4 is 17.1 Å². The van der Waals surface area contributed by atoms with Gasteiger partial charge in [0.15, 0.2) is 5.78 Å². The Labute approximate surface area is 140 Å². The average Bonchev–Trinajstić information content (AvgIpc) is 2.89. The Morgan fingerprint density at radius 2 is 1.46 bits per heavy atom. The zero-order chi connectivity index (χ0) is 16.7. The van der Waals surface area contributed by atoms with Gasteiger partial charge in [-0.1, -0.05) is 60.7 Å². The van der Waals surface area contributed by atoms with Gasteiger partial charge in [-0.05, 0) is 17.2 Å². The summed E-state index contributed by atoms with van der Waals surface area (Å²) in [6.07, 6.45) is 4.76. The number of hydrogen-bond acceptors (Lipinski definition) is 4. The Hall–Kier alpha value is -3.27. The number of ketones is 1. The molecule has 2 aliphatic rings. The lowest BCUT2D eigenvalue weighted by molar-refractivity contribution is -0.115. The monoisotopic (exact) mass is 314 g/mol. The van der Waals surface area contributed by atoms with Crippen molar-refractivity contribution in [2.45, 2.75) is 6.04 Å². The maximum absolute atomic E-state index is 13.1. The van der Waals surface area contributed by atoms with Crippen molar-refractivity contribution in [1.82, 2.24) is 4.90 Å². The van der Waals surface area contributed by atoms with Crippen molar-refractivity contribution in [3.8, 4) is 0 Å². The molecule has 2 aliphatic heterocycles. The lowest BCUT2D eigenvalue weighted by Crippen LogP contribution is -2.35. The lowest BCUT2D eigenvalue weighted by atomic mass is 9.97. The molecule has 0 saturated carbocycles. The average molecular weight is 314 g/mol. The molecule has 4 N–H and O–H groups in total. The van der Waals surface area contributed by atoms with Crippen LogP contribution in [0.4, 0.5) is 0 Å². The van der Waals surface area contributed by atoms with Gasteiger partial charge < -0.3 is 16.4 Å². The van der Waals surface area contributed by atoms with Crippen molar-refractivity contribution in [3.05, 3.63) is 95.5 Å². The SMILES string of the molecule is NC1=[C]N2C(c3ccccc3)=C(c3ccccc3)C(=O)C2C=C1N. The Morgan fingerprint density at radius 3 is 2.08 bits per heavy atom. The molecule has 0 fully saturated rings. The van der Waals surface area contributed by atoms with Gasteiger partial charge in [-0.25, -0.2) is 0 Å². The summed E-state index contributed by atoms with van der Waals surface area (Å²) in [5, 5.41) is 0. The molecule has 1 unspecified atom stereocenters. The van der Waals surface area contributed by atoms with Gasteiger partial charge >= 0.3 is 0 Å². The van der Waals surface area contributed by atoms with Crippen LogP contribution in [0.1, 0.15) is 11.1 Å². The zero-order valence-corrected chi connectivity index (χ0v) is 12.9. The summed E-state index contributed by atoms with van der Waals surface area (Å²) < 4.78 is 0. The molecule has 4 nitrogen and oxygen atoms in total. The van der Waals surface area contributed by atoms with Crippen LogP contribution in [-0.2, 0) is 4.79 Å². The van der Waals surface area contributed by atoms with Gasteiger partial charge in [0, 0.05) is 0 Å². The van der Waals surface area contributed by atoms with Crippen LogP contribution in [0, 0.1) is 6.20 Å². The molecule has 2 aromatic rings. The summed E-state index contributed by atoms with van der Waals surface area (Å²) in [7, 11) is 0. The molecular formula is C20H16N3O. The summed E-state index contributed by atoms with van der Waals surface area (Å²) >= 11 is 0. The van der Waals surface area contributed by atoms with E-state index in [2.05, 4.69) is 6.20 Å². The van der Waals surface area contributed by atoms with E-state index in [0.29, 0.717) is 17.0 Å². The quantitative estimate of drug-likeness (QED) is 0.892. The third kappa shape index (κ3) is 2.12. The lowest BCUT2D eigenvalue weighted by Gasteiger charge is -2.26. The van der Waals surface area contributed by atoms with Crippen LogP contribution in [0.5, 0.6) is 0 Å². The number of nitrogens with zero attached hydrogens (tertiary/aromatic N) is 1. The first-order chi connectivity index (χ1) is 11.7. The summed E-state index contributed by atoms with van der Waals surface area (Å²) in [5.41, 5.74) is 15.9. The molecule has 1 radical (unpaired) electrons. The highest BCUT2D eigenvalue weighted by molar-refractivity contribution is 6.33. The van der Waals surface area contributed by atoms with Gasteiger partial charge in [-0.3, -0.25) is 4.79 Å². The third-order valence-corrected chi connectivity index (χ3v) is 4.27. The maximum Gasteiger partial charge on any atom is 0.192 e. The van der Waals surface area contributed by atoms with E-state index in [9.17, 15) is 4.79 Å². The van der Waals surface area contributed by atoms with Crippen LogP contribution in [0.25, 0.3) is 11.3 Å². The summed E-state index contributed by atoms with van der Waals surface area (Å²) in [6.45, 7) is 0. The van der Waals surface area contributed by atoms with E-state index in [4.69, 9.17) is 11.5 Å². The minimum absolute atomic E-state index is 0.00278. The predicted octanol–water partition coefficient (Wildman–Crippen LogP) is 2.27. The summed E-state index contributed by atoms with van der Waals surface area (Å²) in [6, 6.07) is 19.0. The van der Waals surface area contributed by atoms with Crippen molar-refractivity contribution in [1.29, 1.82) is 0 Å². The zero-order valence-electron chi connectivity index (χ0n) is 12.9. The highest BCUT2D eigenvalue weighted by atomic mass is 16.1. The second kappa shape index (κ2) is 5.42. The van der Waals surface area contributed by atoms with E-state index in [1.807, 2.05) is 60.7 Å². The van der Waals surface area contributed by atoms with Crippen LogP contribution < -0.4 is 11.5 Å². The minimum atomic E-state index is -0.497. The van der Waals surface area contributed by atoms with Crippen molar-refractivity contribution in [3.63, 3.8) is 0 Å². The molecule has 0 aliphatic carbocycles. The molecule has 117 valence electrons. The van der Waals surface area contributed by atoms with Gasteiger partial charge in [0.1, 0.15) is 6.04 Å². The van der Waals surface area contributed by atoms with Crippen LogP contribution in [0.2, 0.25) is 0 Å². The van der Waals surface area contributed by atoms with Gasteiger partial charge in [0.2, 0.25) is 0 Å². The van der Waals surface area contributed by atoms with E-state index in [0.717, 1.165) is 16.8 Å². The Balaban J connectivity index is 1.97. The van der Waals surface area contributed by atoms with E-state index in [-0.39, 0.29) is 5.78 Å². The van der Waals surface area contributed by atoms with Crippen LogP contribution in [0.3, 0.4) is 0 Å². The van der Waals surface area contributed by atoms with E-state index in [1.165, 1.54) is 0 Å². The fourth-order valence-electron chi connectivity index (χ4n) is 3.13. The molecule has 4 heteroatoms. The normalized spacial score (nSPS) is 19.9. The van der Waals surface area contributed by atoms with Crippen LogP contribution >= 0.6 is 0 Å². The number of benzene rings is 2. The maximum atomic E-state index is 13.1. The molecular weight excluding hydrogens is 298 g/mol. The Kier molecular flexibility index (Phi) is 3.24. The largest absolute Gasteiger partial charge is 0.397 e. The first-order valence-corrected chi connectivity index (χ1v) is 7.72. The fourth-order valence-corrected chi connectivity index (χ4v) is 3.13. The fraction of sp³-hybridized carbons (Fsp3) is 0.0500. The van der Waals surface area contributed by atoms with Gasteiger partial charge in [0.05, 0.1) is 28.9 Å². The van der Waals surface area contributed by atoms with Gasteiger partial charge in [-0.2, -0.15) is 0 Å². The number of nitrogens with two attached hydrogens (primary N) is 2. The molecule has 2 heterocycles. The predicted molar refractivity (Wildman–Crippen MR) is 93.5 cm³/mol. The van der Waals surface area contributed by atoms with E-state index < -0.39 is 6.04 Å². The summed E-state index contributed by atoms with van der Waals surface area (Å²) in [4.78, 5) is 14.9. The Morgan fingerprint density at radius 1 is 0.875 bits per heavy atom. The standard InChI is InChI=1S/C20H16N3O/c21-15-11-17-20(24)18(13-7-3-1-4-8-13)19(23(17)12-16(15)22)14-9-5-2-6-10-14/h1-11,17H,21-22H2. The number of fused-ring (bicyclic) bond motifs is 1. The number of carbonyl (C=O) groups excluding carboxylic acids is 1. The smallest absolute Gasteiger partial charge is 0.192 e. The third-order valence-electron chi connectivity index (χ3n) is 4.27. The van der Waals surface area contributed by atoms with Gasteiger partial charge in [0.25, 0.3) is 0 Å². The second-order valence-corrected chi connectivity index (χ2v) is 5.78. The van der Waals surface area contributed by atoms with Crippen molar-refractivity contribution in [2.75, 3.05) is 0 Å². The molecule has 0 aromatic heterocycles. The number of carbonyl (C=O) groups is 1. The minimum Gasteiger partial charge on any atom is -0.397 e. The first-order valence-electron chi connectivity index (χ1n) is 7.72. The highest BCUT2D eigenvalue weighted by Gasteiger charge is 2.40. The molecule has 0 bridgehead atoms. The highest BCUT2D eigenvalue weighted by Crippen LogP contribution is 2.41. The molecule has 24 heavy (non-hydrogen) atoms. The Bertz CT molecular complexity index is 895. The molecule has 4 rings (SSSR count). The van der Waals surface area contributed by atoms with Crippen molar-refractivity contribution < 1.29 is 4.79 Å². The molecule has 2 aromatic carbocycles. The molecule has 1 atom stereocenters. The number of hydrogen-bond donors (Lipinski definition) is 2. The van der Waals surface area contributed by atoms with Crippen molar-refractivity contribution in [2.24, 2.45) is 11.5 Å². The summed E-state index contributed by atoms with van der Waals surface area (Å²) in [5.74, 6) is 0.00278. The molecule has 0 saturated heterocycles. The molecule has 0 spiro atoms. The number of rotatable bonds is 2. The second-order valence-electron chi connectivity index (χ2n) is 5.78.